The van der Waals surface area contributed by atoms with Crippen molar-refractivity contribution in [2.75, 3.05) is 0 Å². The van der Waals surface area contributed by atoms with Crippen LogP contribution in [0, 0.1) is 6.92 Å². The number of aryl methyl sites for hydroxylation is 1. The minimum atomic E-state index is -2.58. The van der Waals surface area contributed by atoms with E-state index in [0.29, 0.717) is 0 Å². The monoisotopic (exact) mass is 358 g/mol. The van der Waals surface area contributed by atoms with Crippen molar-refractivity contribution < 1.29 is 0 Å². The molecule has 104 valence electrons. The quantitative estimate of drug-likeness (QED) is 0.587. The first-order valence-electron chi connectivity index (χ1n) is 6.99. The maximum atomic E-state index is 7.37. The van der Waals surface area contributed by atoms with E-state index in [1.807, 2.05) is 0 Å². The molecule has 3 aromatic rings. The summed E-state index contributed by atoms with van der Waals surface area (Å²) in [6, 6.07) is 26.0. The van der Waals surface area contributed by atoms with Crippen LogP contribution in [0.15, 0.2) is 72.8 Å². The van der Waals surface area contributed by atoms with Crippen molar-refractivity contribution in [2.24, 2.45) is 0 Å². The maximum absolute atomic E-state index is 7.37. The summed E-state index contributed by atoms with van der Waals surface area (Å²) in [6.45, 7) is 2.12. The third-order valence-electron chi connectivity index (χ3n) is 4.02. The van der Waals surface area contributed by atoms with Crippen molar-refractivity contribution in [3.8, 4) is 11.1 Å². The van der Waals surface area contributed by atoms with Crippen LogP contribution in [-0.4, -0.2) is 11.9 Å². The first-order chi connectivity index (χ1) is 10.2. The van der Waals surface area contributed by atoms with Crippen molar-refractivity contribution in [1.82, 2.24) is 0 Å². The van der Waals surface area contributed by atoms with E-state index in [-0.39, 0.29) is 0 Å². The van der Waals surface area contributed by atoms with Crippen LogP contribution in [0.25, 0.3) is 11.1 Å². The number of hydrogen-bond acceptors (Lipinski definition) is 0. The van der Waals surface area contributed by atoms with Gasteiger partial charge in [0, 0.05) is 0 Å². The Morgan fingerprint density at radius 3 is 1.67 bits per heavy atom. The van der Waals surface area contributed by atoms with Gasteiger partial charge in [-0.3, -0.25) is 0 Å². The fraction of sp³-hybridized carbons (Fsp3) is 0.0526. The molecule has 0 unspecified atom stereocenters. The molecule has 0 fully saturated rings. The summed E-state index contributed by atoms with van der Waals surface area (Å²) < 4.78 is 3.96. The SMILES string of the molecule is Cc1ccc([Se]2(Cl)c3ccccc3-c3ccccc32)cc1. The first kappa shape index (κ1) is 13.2. The van der Waals surface area contributed by atoms with Crippen molar-refractivity contribution in [3.63, 3.8) is 0 Å². The van der Waals surface area contributed by atoms with E-state index >= 15 is 0 Å². The summed E-state index contributed by atoms with van der Waals surface area (Å²) in [7, 11) is 7.37. The van der Waals surface area contributed by atoms with E-state index in [9.17, 15) is 0 Å². The van der Waals surface area contributed by atoms with E-state index in [4.69, 9.17) is 10.1 Å². The Morgan fingerprint density at radius 1 is 0.667 bits per heavy atom. The predicted molar refractivity (Wildman–Crippen MR) is 93.6 cm³/mol. The van der Waals surface area contributed by atoms with Crippen LogP contribution in [-0.2, 0) is 0 Å². The Bertz CT molecular complexity index is 775. The minimum absolute atomic E-state index is 1.27. The van der Waals surface area contributed by atoms with E-state index < -0.39 is 11.9 Å². The fourth-order valence-electron chi connectivity index (χ4n) is 2.97. The van der Waals surface area contributed by atoms with Crippen LogP contribution in [0.2, 0.25) is 0 Å². The molecule has 0 atom stereocenters. The Morgan fingerprint density at radius 2 is 1.14 bits per heavy atom. The third-order valence-corrected chi connectivity index (χ3v) is 12.6. The average molecular weight is 358 g/mol. The van der Waals surface area contributed by atoms with E-state index in [1.165, 1.54) is 30.1 Å². The molecule has 0 saturated heterocycles. The molecule has 0 amide bonds. The Labute approximate surface area is 131 Å². The van der Waals surface area contributed by atoms with Crippen LogP contribution in [0.3, 0.4) is 0 Å². The van der Waals surface area contributed by atoms with Crippen LogP contribution in [0.4, 0.5) is 0 Å². The Balaban J connectivity index is 2.06. The van der Waals surface area contributed by atoms with Gasteiger partial charge in [-0.1, -0.05) is 0 Å². The van der Waals surface area contributed by atoms with Crippen LogP contribution < -0.4 is 13.4 Å². The summed E-state index contributed by atoms with van der Waals surface area (Å²) >= 11 is -2.58. The number of rotatable bonds is 1. The molecule has 0 spiro atoms. The topological polar surface area (TPSA) is 0 Å². The second-order valence-electron chi connectivity index (χ2n) is 5.34. The molecule has 0 nitrogen and oxygen atoms in total. The molecular weight excluding hydrogens is 343 g/mol. The summed E-state index contributed by atoms with van der Waals surface area (Å²) in [4.78, 5) is 0. The third kappa shape index (κ3) is 1.82. The molecule has 21 heavy (non-hydrogen) atoms. The molecule has 1 aliphatic heterocycles. The zero-order valence-electron chi connectivity index (χ0n) is 11.7. The van der Waals surface area contributed by atoms with Crippen LogP contribution in [0.5, 0.6) is 0 Å². The second kappa shape index (κ2) is 4.74. The molecule has 4 rings (SSSR count). The van der Waals surface area contributed by atoms with Gasteiger partial charge in [0.1, 0.15) is 0 Å². The normalized spacial score (nSPS) is 16.1. The molecule has 0 aliphatic carbocycles. The van der Waals surface area contributed by atoms with Crippen molar-refractivity contribution in [3.05, 3.63) is 78.4 Å². The second-order valence-corrected chi connectivity index (χ2v) is 12.8. The van der Waals surface area contributed by atoms with Gasteiger partial charge in [-0.2, -0.15) is 0 Å². The van der Waals surface area contributed by atoms with Gasteiger partial charge in [0.15, 0.2) is 0 Å². The number of benzene rings is 3. The van der Waals surface area contributed by atoms with Gasteiger partial charge in [-0.05, 0) is 0 Å². The summed E-state index contributed by atoms with van der Waals surface area (Å²) in [5, 5.41) is 0. The van der Waals surface area contributed by atoms with Gasteiger partial charge in [0.25, 0.3) is 0 Å². The summed E-state index contributed by atoms with van der Waals surface area (Å²) in [5.74, 6) is 0. The number of hydrogen-bond donors (Lipinski definition) is 0. The van der Waals surface area contributed by atoms with Crippen molar-refractivity contribution >= 4 is 35.4 Å². The number of fused-ring (bicyclic) bond motifs is 3. The first-order valence-corrected chi connectivity index (χ1v) is 11.8. The molecular formula is C19H15ClSe. The van der Waals surface area contributed by atoms with E-state index in [0.717, 1.165) is 0 Å². The van der Waals surface area contributed by atoms with Gasteiger partial charge < -0.3 is 0 Å². The zero-order chi connectivity index (χ0) is 14.4. The van der Waals surface area contributed by atoms with Crippen LogP contribution >= 0.6 is 10.1 Å². The van der Waals surface area contributed by atoms with Crippen molar-refractivity contribution in [2.45, 2.75) is 6.92 Å². The molecule has 0 radical (unpaired) electrons. The molecule has 1 aliphatic rings. The zero-order valence-corrected chi connectivity index (χ0v) is 14.2. The molecule has 3 aromatic carbocycles. The molecule has 0 N–H and O–H groups in total. The summed E-state index contributed by atoms with van der Waals surface area (Å²) in [5.41, 5.74) is 3.89. The molecule has 0 aromatic heterocycles. The molecule has 0 saturated carbocycles. The summed E-state index contributed by atoms with van der Waals surface area (Å²) in [6.07, 6.45) is 0. The van der Waals surface area contributed by atoms with Gasteiger partial charge in [0.2, 0.25) is 0 Å². The van der Waals surface area contributed by atoms with Crippen LogP contribution in [0.1, 0.15) is 5.56 Å². The Hall–Kier alpha value is -1.53. The fourth-order valence-corrected chi connectivity index (χ4v) is 10.7. The average Bonchev–Trinajstić information content (AvgIpc) is 2.80. The standard InChI is InChI=1S/C19H15ClSe/c1-14-10-12-15(13-11-14)21(20)18-8-4-2-6-16(18)17-7-3-5-9-19(17)21/h2-13H,1H3. The molecule has 0 bridgehead atoms. The predicted octanol–water partition coefficient (Wildman–Crippen LogP) is 3.18. The van der Waals surface area contributed by atoms with Gasteiger partial charge in [-0.25, -0.2) is 0 Å². The van der Waals surface area contributed by atoms with E-state index in [2.05, 4.69) is 79.7 Å². The van der Waals surface area contributed by atoms with Crippen molar-refractivity contribution in [1.29, 1.82) is 0 Å². The van der Waals surface area contributed by atoms with Gasteiger partial charge >= 0.3 is 132 Å². The molecule has 2 heteroatoms. The van der Waals surface area contributed by atoms with Gasteiger partial charge in [-0.15, -0.1) is 0 Å². The number of halogens is 1. The molecule has 1 heterocycles. The van der Waals surface area contributed by atoms with E-state index in [1.54, 1.807) is 0 Å². The Kier molecular flexibility index (Phi) is 2.97. The van der Waals surface area contributed by atoms with Gasteiger partial charge in [0.05, 0.1) is 0 Å².